The third kappa shape index (κ3) is 0.966. The monoisotopic (exact) mass is 224 g/mol. The molecule has 0 saturated heterocycles. The second-order valence-electron chi connectivity index (χ2n) is 2.97. The number of halogens is 1. The minimum absolute atomic E-state index is 1.08. The summed E-state index contributed by atoms with van der Waals surface area (Å²) in [5.74, 6) is 0. The number of rotatable bonds is 0. The fraction of sp³-hybridized carbons (Fsp3) is 0.222. The van der Waals surface area contributed by atoms with E-state index < -0.39 is 0 Å². The first-order valence-electron chi connectivity index (χ1n) is 3.79. The number of nitrogens with zero attached hydrogens (tertiary/aromatic N) is 1. The average Bonchev–Trinajstić information content (AvgIpc) is 2.48. The fourth-order valence-electron chi connectivity index (χ4n) is 1.28. The molecular formula is C9H9BrN2. The molecule has 0 bridgehead atoms. The average molecular weight is 225 g/mol. The van der Waals surface area contributed by atoms with Crippen molar-refractivity contribution < 1.29 is 0 Å². The summed E-state index contributed by atoms with van der Waals surface area (Å²) in [7, 11) is 0. The van der Waals surface area contributed by atoms with E-state index in [1.54, 1.807) is 0 Å². The van der Waals surface area contributed by atoms with Gasteiger partial charge in [-0.3, -0.25) is 5.10 Å². The van der Waals surface area contributed by atoms with Gasteiger partial charge in [-0.1, -0.05) is 0 Å². The van der Waals surface area contributed by atoms with Gasteiger partial charge in [0.15, 0.2) is 0 Å². The number of fused-ring (bicyclic) bond motifs is 1. The summed E-state index contributed by atoms with van der Waals surface area (Å²) in [5.41, 5.74) is 3.64. The van der Waals surface area contributed by atoms with Crippen molar-refractivity contribution >= 4 is 26.8 Å². The third-order valence-electron chi connectivity index (χ3n) is 2.18. The highest BCUT2D eigenvalue weighted by molar-refractivity contribution is 9.10. The third-order valence-corrected chi connectivity index (χ3v) is 3.17. The summed E-state index contributed by atoms with van der Waals surface area (Å²) in [6.45, 7) is 4.20. The lowest BCUT2D eigenvalue weighted by Gasteiger charge is -2.02. The maximum atomic E-state index is 3.99. The van der Waals surface area contributed by atoms with Crippen LogP contribution in [-0.2, 0) is 0 Å². The molecule has 0 aliphatic rings. The summed E-state index contributed by atoms with van der Waals surface area (Å²) in [6, 6.07) is 2.14. The van der Waals surface area contributed by atoms with E-state index in [0.29, 0.717) is 0 Å². The molecule has 2 rings (SSSR count). The molecule has 0 atom stereocenters. The normalized spacial score (nSPS) is 10.9. The van der Waals surface area contributed by atoms with Crippen LogP contribution >= 0.6 is 15.9 Å². The fourth-order valence-corrected chi connectivity index (χ4v) is 1.91. The molecule has 0 aliphatic heterocycles. The minimum Gasteiger partial charge on any atom is -0.277 e. The molecule has 1 aromatic heterocycles. The van der Waals surface area contributed by atoms with E-state index in [1.807, 2.05) is 6.20 Å². The highest BCUT2D eigenvalue weighted by Crippen LogP contribution is 2.27. The second kappa shape index (κ2) is 2.59. The topological polar surface area (TPSA) is 28.7 Å². The Labute approximate surface area is 79.1 Å². The van der Waals surface area contributed by atoms with Gasteiger partial charge in [0.25, 0.3) is 0 Å². The molecule has 3 heteroatoms. The van der Waals surface area contributed by atoms with Crippen LogP contribution in [0, 0.1) is 13.8 Å². The van der Waals surface area contributed by atoms with Gasteiger partial charge in [0.1, 0.15) is 0 Å². The van der Waals surface area contributed by atoms with Crippen molar-refractivity contribution in [3.05, 3.63) is 27.9 Å². The van der Waals surface area contributed by atoms with Crippen molar-refractivity contribution in [2.75, 3.05) is 0 Å². The van der Waals surface area contributed by atoms with Crippen LogP contribution in [-0.4, -0.2) is 10.2 Å². The van der Waals surface area contributed by atoms with E-state index in [9.17, 15) is 0 Å². The highest BCUT2D eigenvalue weighted by Gasteiger charge is 2.05. The number of hydrogen-bond donors (Lipinski definition) is 1. The van der Waals surface area contributed by atoms with Crippen LogP contribution in [0.1, 0.15) is 11.1 Å². The number of benzene rings is 1. The number of aryl methyl sites for hydroxylation is 1. The molecule has 0 fully saturated rings. The molecule has 0 amide bonds. The van der Waals surface area contributed by atoms with Crippen LogP contribution in [0.5, 0.6) is 0 Å². The molecule has 2 aromatic rings. The lowest BCUT2D eigenvalue weighted by atomic mass is 10.1. The molecular weight excluding hydrogens is 216 g/mol. The predicted octanol–water partition coefficient (Wildman–Crippen LogP) is 2.94. The molecule has 12 heavy (non-hydrogen) atoms. The van der Waals surface area contributed by atoms with Gasteiger partial charge in [-0.2, -0.15) is 5.10 Å². The van der Waals surface area contributed by atoms with Gasteiger partial charge < -0.3 is 0 Å². The molecule has 1 N–H and O–H groups in total. The molecule has 1 heterocycles. The van der Waals surface area contributed by atoms with Gasteiger partial charge in [0.05, 0.1) is 11.7 Å². The smallest absolute Gasteiger partial charge is 0.0795 e. The Morgan fingerprint density at radius 2 is 2.17 bits per heavy atom. The number of aromatic nitrogens is 2. The van der Waals surface area contributed by atoms with Crippen LogP contribution in [0.4, 0.5) is 0 Å². The summed E-state index contributed by atoms with van der Waals surface area (Å²) in [6.07, 6.45) is 1.84. The van der Waals surface area contributed by atoms with Crippen LogP contribution in [0.2, 0.25) is 0 Å². The molecule has 0 spiro atoms. The van der Waals surface area contributed by atoms with E-state index in [-0.39, 0.29) is 0 Å². The summed E-state index contributed by atoms with van der Waals surface area (Å²) in [4.78, 5) is 0. The Bertz CT molecular complexity index is 431. The van der Waals surface area contributed by atoms with Gasteiger partial charge in [0, 0.05) is 9.86 Å². The first kappa shape index (κ1) is 7.80. The maximum absolute atomic E-state index is 3.99. The van der Waals surface area contributed by atoms with Gasteiger partial charge >= 0.3 is 0 Å². The molecule has 0 saturated carbocycles. The lowest BCUT2D eigenvalue weighted by Crippen LogP contribution is -1.83. The maximum Gasteiger partial charge on any atom is 0.0795 e. The number of aromatic amines is 1. The molecule has 1 aromatic carbocycles. The quantitative estimate of drug-likeness (QED) is 0.733. The standard InChI is InChI=1S/C9H9BrN2/c1-5-3-7-4-11-12-9(7)8(10)6(5)2/h3-4H,1-2H3,(H,11,12). The summed E-state index contributed by atoms with van der Waals surface area (Å²) in [5, 5.41) is 8.11. The van der Waals surface area contributed by atoms with Gasteiger partial charge in [-0.25, -0.2) is 0 Å². The Hall–Kier alpha value is -0.830. The first-order valence-corrected chi connectivity index (χ1v) is 4.58. The van der Waals surface area contributed by atoms with Crippen LogP contribution in [0.3, 0.4) is 0 Å². The molecule has 2 nitrogen and oxygen atoms in total. The van der Waals surface area contributed by atoms with Gasteiger partial charge in [-0.05, 0) is 47.0 Å². The zero-order valence-electron chi connectivity index (χ0n) is 6.98. The van der Waals surface area contributed by atoms with E-state index in [4.69, 9.17) is 0 Å². The van der Waals surface area contributed by atoms with E-state index in [2.05, 4.69) is 46.0 Å². The van der Waals surface area contributed by atoms with Crippen molar-refractivity contribution in [3.8, 4) is 0 Å². The number of nitrogens with one attached hydrogen (secondary N) is 1. The number of hydrogen-bond acceptors (Lipinski definition) is 1. The molecule has 62 valence electrons. The molecule has 0 unspecified atom stereocenters. The van der Waals surface area contributed by atoms with Gasteiger partial charge in [-0.15, -0.1) is 0 Å². The van der Waals surface area contributed by atoms with Crippen molar-refractivity contribution in [3.63, 3.8) is 0 Å². The van der Waals surface area contributed by atoms with Crippen LogP contribution in [0.15, 0.2) is 16.7 Å². The second-order valence-corrected chi connectivity index (χ2v) is 3.76. The minimum atomic E-state index is 1.08. The Morgan fingerprint density at radius 1 is 1.42 bits per heavy atom. The largest absolute Gasteiger partial charge is 0.277 e. The lowest BCUT2D eigenvalue weighted by molar-refractivity contribution is 1.11. The van der Waals surface area contributed by atoms with Crippen molar-refractivity contribution in [2.45, 2.75) is 13.8 Å². The van der Waals surface area contributed by atoms with E-state index in [0.717, 1.165) is 15.4 Å². The molecule has 0 aliphatic carbocycles. The zero-order valence-corrected chi connectivity index (χ0v) is 8.57. The van der Waals surface area contributed by atoms with Gasteiger partial charge in [0.2, 0.25) is 0 Å². The van der Waals surface area contributed by atoms with E-state index in [1.165, 1.54) is 11.1 Å². The van der Waals surface area contributed by atoms with Crippen molar-refractivity contribution in [2.24, 2.45) is 0 Å². The SMILES string of the molecule is Cc1cc2cn[nH]c2c(Br)c1C. The Morgan fingerprint density at radius 3 is 2.92 bits per heavy atom. The van der Waals surface area contributed by atoms with Crippen LogP contribution in [0.25, 0.3) is 10.9 Å². The van der Waals surface area contributed by atoms with Crippen molar-refractivity contribution in [1.82, 2.24) is 10.2 Å². The number of H-pyrrole nitrogens is 1. The zero-order chi connectivity index (χ0) is 8.72. The molecule has 0 radical (unpaired) electrons. The summed E-state index contributed by atoms with van der Waals surface area (Å²) >= 11 is 3.54. The Balaban J connectivity index is 2.94. The van der Waals surface area contributed by atoms with E-state index >= 15 is 0 Å². The summed E-state index contributed by atoms with van der Waals surface area (Å²) < 4.78 is 1.12. The predicted molar refractivity (Wildman–Crippen MR) is 53.3 cm³/mol. The van der Waals surface area contributed by atoms with Crippen molar-refractivity contribution in [1.29, 1.82) is 0 Å². The first-order chi connectivity index (χ1) is 5.70. The van der Waals surface area contributed by atoms with Crippen LogP contribution < -0.4 is 0 Å². The Kier molecular flexibility index (Phi) is 1.68. The highest BCUT2D eigenvalue weighted by atomic mass is 79.9.